The second-order valence-electron chi connectivity index (χ2n) is 6.32. The highest BCUT2D eigenvalue weighted by atomic mass is 19.1. The van der Waals surface area contributed by atoms with Gasteiger partial charge in [-0.25, -0.2) is 14.4 Å². The molecule has 1 fully saturated rings. The van der Waals surface area contributed by atoms with Gasteiger partial charge in [0.05, 0.1) is 24.2 Å². The zero-order valence-corrected chi connectivity index (χ0v) is 14.9. The van der Waals surface area contributed by atoms with Gasteiger partial charge in [0.2, 0.25) is 5.71 Å². The lowest BCUT2D eigenvalue weighted by Crippen LogP contribution is -2.37. The van der Waals surface area contributed by atoms with Crippen LogP contribution in [-0.2, 0) is 11.3 Å². The third-order valence-corrected chi connectivity index (χ3v) is 4.55. The van der Waals surface area contributed by atoms with Crippen molar-refractivity contribution in [1.82, 2.24) is 15.3 Å². The number of hydrogen-bond acceptors (Lipinski definition) is 6. The summed E-state index contributed by atoms with van der Waals surface area (Å²) >= 11 is 0. The Hall–Kier alpha value is -3.00. The Kier molecular flexibility index (Phi) is 4.72. The van der Waals surface area contributed by atoms with E-state index in [4.69, 9.17) is 9.15 Å². The van der Waals surface area contributed by atoms with Crippen molar-refractivity contribution in [2.45, 2.75) is 13.5 Å². The van der Waals surface area contributed by atoms with E-state index in [-0.39, 0.29) is 18.3 Å². The molecule has 0 bridgehead atoms. The first-order valence-electron chi connectivity index (χ1n) is 8.73. The molecule has 1 amide bonds. The van der Waals surface area contributed by atoms with Crippen molar-refractivity contribution in [3.63, 3.8) is 0 Å². The number of ether oxygens (including phenoxy) is 1. The standard InChI is InChI=1S/C19H19FN4O3/c1-12-15(18(25)21-10-13-2-4-14(20)5-3-13)16-17(22-11-23-19(16)27-12)24-6-8-26-9-7-24/h2-5,11H,6-10H2,1H3,(H,21,25). The zero-order chi connectivity index (χ0) is 18.8. The van der Waals surface area contributed by atoms with E-state index in [2.05, 4.69) is 20.2 Å². The molecule has 0 aliphatic carbocycles. The summed E-state index contributed by atoms with van der Waals surface area (Å²) in [5, 5.41) is 3.47. The van der Waals surface area contributed by atoms with Gasteiger partial charge in [0.15, 0.2) is 0 Å². The highest BCUT2D eigenvalue weighted by Gasteiger charge is 2.25. The normalized spacial score (nSPS) is 14.5. The number of carbonyl (C=O) groups excluding carboxylic acids is 1. The van der Waals surface area contributed by atoms with Crippen LogP contribution in [-0.4, -0.2) is 42.2 Å². The van der Waals surface area contributed by atoms with Crippen molar-refractivity contribution in [2.24, 2.45) is 0 Å². The van der Waals surface area contributed by atoms with Crippen molar-refractivity contribution >= 4 is 22.8 Å². The number of halogens is 1. The maximum atomic E-state index is 13.0. The van der Waals surface area contributed by atoms with Gasteiger partial charge in [-0.2, -0.15) is 0 Å². The van der Waals surface area contributed by atoms with Crippen LogP contribution in [0.25, 0.3) is 11.1 Å². The Morgan fingerprint density at radius 3 is 2.70 bits per heavy atom. The number of aryl methyl sites for hydroxylation is 1. The average molecular weight is 370 g/mol. The molecule has 8 heteroatoms. The number of nitrogens with zero attached hydrogens (tertiary/aromatic N) is 3. The van der Waals surface area contributed by atoms with Gasteiger partial charge in [-0.3, -0.25) is 4.79 Å². The van der Waals surface area contributed by atoms with Crippen molar-refractivity contribution in [3.8, 4) is 0 Å². The molecule has 1 aromatic carbocycles. The van der Waals surface area contributed by atoms with E-state index in [1.165, 1.54) is 18.5 Å². The fourth-order valence-electron chi connectivity index (χ4n) is 3.19. The molecule has 140 valence electrons. The summed E-state index contributed by atoms with van der Waals surface area (Å²) < 4.78 is 24.1. The third-order valence-electron chi connectivity index (χ3n) is 4.55. The third kappa shape index (κ3) is 3.48. The summed E-state index contributed by atoms with van der Waals surface area (Å²) in [5.41, 5.74) is 1.62. The number of aromatic nitrogens is 2. The zero-order valence-electron chi connectivity index (χ0n) is 14.9. The molecule has 0 atom stereocenters. The minimum absolute atomic E-state index is 0.278. The quantitative estimate of drug-likeness (QED) is 0.760. The average Bonchev–Trinajstić information content (AvgIpc) is 3.04. The lowest BCUT2D eigenvalue weighted by atomic mass is 10.1. The van der Waals surface area contributed by atoms with E-state index >= 15 is 0 Å². The van der Waals surface area contributed by atoms with E-state index in [1.54, 1.807) is 19.1 Å². The predicted octanol–water partition coefficient (Wildman–Crippen LogP) is 2.44. The fraction of sp³-hybridized carbons (Fsp3) is 0.316. The highest BCUT2D eigenvalue weighted by molar-refractivity contribution is 6.10. The number of amides is 1. The van der Waals surface area contributed by atoms with Crippen LogP contribution in [0.4, 0.5) is 10.2 Å². The maximum Gasteiger partial charge on any atom is 0.255 e. The van der Waals surface area contributed by atoms with E-state index < -0.39 is 0 Å². The summed E-state index contributed by atoms with van der Waals surface area (Å²) in [5.74, 6) is 0.567. The topological polar surface area (TPSA) is 80.5 Å². The molecule has 27 heavy (non-hydrogen) atoms. The van der Waals surface area contributed by atoms with Crippen LogP contribution in [0, 0.1) is 12.7 Å². The number of benzene rings is 1. The van der Waals surface area contributed by atoms with E-state index in [0.717, 1.165) is 5.56 Å². The molecule has 3 aromatic rings. The summed E-state index contributed by atoms with van der Waals surface area (Å²) in [6, 6.07) is 6.01. The minimum Gasteiger partial charge on any atom is -0.442 e. The number of carbonyl (C=O) groups is 1. The molecule has 2 aromatic heterocycles. The predicted molar refractivity (Wildman–Crippen MR) is 97.1 cm³/mol. The van der Waals surface area contributed by atoms with E-state index in [9.17, 15) is 9.18 Å². The Morgan fingerprint density at radius 2 is 1.96 bits per heavy atom. The van der Waals surface area contributed by atoms with Crippen LogP contribution in [0.1, 0.15) is 21.7 Å². The Balaban J connectivity index is 1.64. The van der Waals surface area contributed by atoms with Gasteiger partial charge < -0.3 is 19.4 Å². The first-order chi connectivity index (χ1) is 13.1. The largest absolute Gasteiger partial charge is 0.442 e. The minimum atomic E-state index is -0.311. The number of hydrogen-bond donors (Lipinski definition) is 1. The summed E-state index contributed by atoms with van der Waals surface area (Å²) in [7, 11) is 0. The van der Waals surface area contributed by atoms with Gasteiger partial charge >= 0.3 is 0 Å². The Morgan fingerprint density at radius 1 is 1.22 bits per heavy atom. The van der Waals surface area contributed by atoms with E-state index in [1.807, 2.05) is 0 Å². The summed E-state index contributed by atoms with van der Waals surface area (Å²) in [6.07, 6.45) is 1.44. The van der Waals surface area contributed by atoms with Crippen LogP contribution in [0.3, 0.4) is 0 Å². The maximum absolute atomic E-state index is 13.0. The number of anilines is 1. The Labute approximate surface area is 155 Å². The lowest BCUT2D eigenvalue weighted by Gasteiger charge is -2.28. The lowest BCUT2D eigenvalue weighted by molar-refractivity contribution is 0.0951. The number of morpholine rings is 1. The van der Waals surface area contributed by atoms with E-state index in [0.29, 0.717) is 54.5 Å². The number of rotatable bonds is 4. The van der Waals surface area contributed by atoms with Gasteiger partial charge in [0.1, 0.15) is 23.7 Å². The second-order valence-corrected chi connectivity index (χ2v) is 6.32. The molecule has 4 rings (SSSR count). The second kappa shape index (κ2) is 7.32. The monoisotopic (exact) mass is 370 g/mol. The van der Waals surface area contributed by atoms with Gasteiger partial charge in [0, 0.05) is 19.6 Å². The summed E-state index contributed by atoms with van der Waals surface area (Å²) in [4.78, 5) is 23.5. The van der Waals surface area contributed by atoms with Gasteiger partial charge in [-0.15, -0.1) is 0 Å². The van der Waals surface area contributed by atoms with Crippen LogP contribution >= 0.6 is 0 Å². The molecule has 1 aliphatic rings. The molecule has 1 N–H and O–H groups in total. The number of nitrogens with one attached hydrogen (secondary N) is 1. The van der Waals surface area contributed by atoms with Crippen molar-refractivity contribution < 1.29 is 18.3 Å². The molecule has 0 spiro atoms. The molecule has 0 radical (unpaired) electrons. The number of fused-ring (bicyclic) bond motifs is 1. The molecular weight excluding hydrogens is 351 g/mol. The smallest absolute Gasteiger partial charge is 0.255 e. The van der Waals surface area contributed by atoms with Crippen LogP contribution < -0.4 is 10.2 Å². The van der Waals surface area contributed by atoms with Crippen LogP contribution in [0.15, 0.2) is 35.0 Å². The first-order valence-corrected chi connectivity index (χ1v) is 8.73. The number of furan rings is 1. The molecule has 1 aliphatic heterocycles. The SMILES string of the molecule is Cc1oc2ncnc(N3CCOCC3)c2c1C(=O)NCc1ccc(F)cc1. The van der Waals surface area contributed by atoms with Crippen LogP contribution in [0.2, 0.25) is 0 Å². The van der Waals surface area contributed by atoms with Crippen molar-refractivity contribution in [2.75, 3.05) is 31.2 Å². The molecule has 1 saturated heterocycles. The van der Waals surface area contributed by atoms with Crippen molar-refractivity contribution in [3.05, 3.63) is 53.3 Å². The molecule has 7 nitrogen and oxygen atoms in total. The fourth-order valence-corrected chi connectivity index (χ4v) is 3.19. The van der Waals surface area contributed by atoms with Gasteiger partial charge in [-0.05, 0) is 24.6 Å². The molecule has 0 unspecified atom stereocenters. The van der Waals surface area contributed by atoms with Crippen LogP contribution in [0.5, 0.6) is 0 Å². The molecular formula is C19H19FN4O3. The van der Waals surface area contributed by atoms with Gasteiger partial charge in [0.25, 0.3) is 5.91 Å². The summed E-state index contributed by atoms with van der Waals surface area (Å²) in [6.45, 7) is 4.60. The Bertz CT molecular complexity index is 965. The molecule has 0 saturated carbocycles. The highest BCUT2D eigenvalue weighted by Crippen LogP contribution is 2.31. The van der Waals surface area contributed by atoms with Crippen molar-refractivity contribution in [1.29, 1.82) is 0 Å². The molecule has 3 heterocycles. The van der Waals surface area contributed by atoms with Gasteiger partial charge in [-0.1, -0.05) is 12.1 Å². The first kappa shape index (κ1) is 17.4.